The molecule has 12 heavy (non-hydrogen) atoms. The summed E-state index contributed by atoms with van der Waals surface area (Å²) < 4.78 is 7.86. The van der Waals surface area contributed by atoms with Gasteiger partial charge in [0.05, 0.1) is 12.5 Å². The first kappa shape index (κ1) is 10.0. The number of allylic oxidation sites excluding steroid dienone is 2. The molecule has 0 aromatic carbocycles. The Balaban J connectivity index is 3.52. The third kappa shape index (κ3) is 8.02. The van der Waals surface area contributed by atoms with Crippen molar-refractivity contribution in [3.8, 4) is 0 Å². The van der Waals surface area contributed by atoms with E-state index in [2.05, 4.69) is 9.47 Å². The Morgan fingerprint density at radius 3 is 1.50 bits per heavy atom. The standard InChI is InChI=1S/C6H6O6/c7-5(8)11-3-1-2-4-12-6(9)10/h1-4H,(H,7,8)(H,9,10). The summed E-state index contributed by atoms with van der Waals surface area (Å²) in [5.41, 5.74) is 0. The summed E-state index contributed by atoms with van der Waals surface area (Å²) in [5, 5.41) is 15.9. The Labute approximate surface area is 67.3 Å². The summed E-state index contributed by atoms with van der Waals surface area (Å²) in [5.74, 6) is 0. The number of hydrogen-bond donors (Lipinski definition) is 2. The third-order valence-electron chi connectivity index (χ3n) is 0.606. The molecule has 0 aliphatic heterocycles. The largest absolute Gasteiger partial charge is 0.510 e. The predicted molar refractivity (Wildman–Crippen MR) is 36.5 cm³/mol. The lowest BCUT2D eigenvalue weighted by Crippen LogP contribution is -1.92. The molecule has 0 unspecified atom stereocenters. The van der Waals surface area contributed by atoms with Gasteiger partial charge in [-0.05, 0) is 12.2 Å². The van der Waals surface area contributed by atoms with Crippen molar-refractivity contribution in [3.63, 3.8) is 0 Å². The number of carbonyl (C=O) groups is 2. The van der Waals surface area contributed by atoms with Gasteiger partial charge in [-0.3, -0.25) is 0 Å². The topological polar surface area (TPSA) is 93.1 Å². The second-order valence-corrected chi connectivity index (χ2v) is 1.42. The van der Waals surface area contributed by atoms with Gasteiger partial charge in [0.1, 0.15) is 0 Å². The quantitative estimate of drug-likeness (QED) is 0.381. The summed E-state index contributed by atoms with van der Waals surface area (Å²) in [6.45, 7) is 0. The molecule has 66 valence electrons. The van der Waals surface area contributed by atoms with Crippen LogP contribution in [-0.2, 0) is 9.47 Å². The van der Waals surface area contributed by atoms with Gasteiger partial charge in [0, 0.05) is 0 Å². The van der Waals surface area contributed by atoms with Crippen LogP contribution in [0.25, 0.3) is 0 Å². The first-order valence-corrected chi connectivity index (χ1v) is 2.74. The minimum atomic E-state index is -1.45. The summed E-state index contributed by atoms with van der Waals surface area (Å²) in [7, 11) is 0. The monoisotopic (exact) mass is 174 g/mol. The van der Waals surface area contributed by atoms with Crippen LogP contribution in [0.5, 0.6) is 0 Å². The van der Waals surface area contributed by atoms with Crippen molar-refractivity contribution in [2.45, 2.75) is 0 Å². The molecule has 0 spiro atoms. The minimum absolute atomic E-state index is 0.865. The fourth-order valence-electron chi connectivity index (χ4n) is 0.286. The summed E-state index contributed by atoms with van der Waals surface area (Å²) in [6, 6.07) is 0. The second-order valence-electron chi connectivity index (χ2n) is 1.42. The summed E-state index contributed by atoms with van der Waals surface area (Å²) in [6.07, 6.45) is 1.17. The van der Waals surface area contributed by atoms with E-state index in [-0.39, 0.29) is 0 Å². The molecule has 0 aliphatic carbocycles. The van der Waals surface area contributed by atoms with Gasteiger partial charge in [-0.2, -0.15) is 0 Å². The van der Waals surface area contributed by atoms with Crippen LogP contribution in [-0.4, -0.2) is 22.5 Å². The van der Waals surface area contributed by atoms with Gasteiger partial charge in [0.25, 0.3) is 0 Å². The lowest BCUT2D eigenvalue weighted by atomic mass is 10.6. The molecule has 0 bridgehead atoms. The van der Waals surface area contributed by atoms with Crippen molar-refractivity contribution < 1.29 is 29.3 Å². The van der Waals surface area contributed by atoms with Crippen LogP contribution >= 0.6 is 0 Å². The highest BCUT2D eigenvalue weighted by Gasteiger charge is 1.88. The fourth-order valence-corrected chi connectivity index (χ4v) is 0.286. The molecule has 0 rings (SSSR count). The Kier molecular flexibility index (Phi) is 4.83. The van der Waals surface area contributed by atoms with Crippen LogP contribution in [0.3, 0.4) is 0 Å². The molecule has 0 aromatic rings. The van der Waals surface area contributed by atoms with Gasteiger partial charge in [-0.15, -0.1) is 0 Å². The van der Waals surface area contributed by atoms with E-state index in [1.807, 2.05) is 0 Å². The molecular weight excluding hydrogens is 168 g/mol. The lowest BCUT2D eigenvalue weighted by Gasteiger charge is -1.86. The highest BCUT2D eigenvalue weighted by molar-refractivity contribution is 5.58. The Morgan fingerprint density at radius 2 is 1.25 bits per heavy atom. The summed E-state index contributed by atoms with van der Waals surface area (Å²) >= 11 is 0. The van der Waals surface area contributed by atoms with E-state index in [0.717, 1.165) is 24.7 Å². The van der Waals surface area contributed by atoms with Crippen LogP contribution in [0.4, 0.5) is 9.59 Å². The summed E-state index contributed by atoms with van der Waals surface area (Å²) in [4.78, 5) is 19.4. The molecule has 0 radical (unpaired) electrons. The maximum absolute atomic E-state index is 9.72. The molecule has 0 saturated heterocycles. The highest BCUT2D eigenvalue weighted by atomic mass is 16.7. The minimum Gasteiger partial charge on any atom is -0.449 e. The van der Waals surface area contributed by atoms with Gasteiger partial charge in [0.2, 0.25) is 0 Å². The smallest absolute Gasteiger partial charge is 0.449 e. The molecule has 0 atom stereocenters. The molecule has 0 fully saturated rings. The van der Waals surface area contributed by atoms with E-state index in [1.165, 1.54) is 0 Å². The van der Waals surface area contributed by atoms with E-state index >= 15 is 0 Å². The SMILES string of the molecule is O=C(O)OC=CC=COC(=O)O. The van der Waals surface area contributed by atoms with E-state index in [1.54, 1.807) is 0 Å². The Bertz CT molecular complexity index is 192. The van der Waals surface area contributed by atoms with Crippen molar-refractivity contribution in [2.75, 3.05) is 0 Å². The van der Waals surface area contributed by atoms with E-state index in [4.69, 9.17) is 10.2 Å². The molecule has 0 heterocycles. The van der Waals surface area contributed by atoms with E-state index < -0.39 is 12.3 Å². The maximum atomic E-state index is 9.72. The van der Waals surface area contributed by atoms with Crippen molar-refractivity contribution in [1.82, 2.24) is 0 Å². The van der Waals surface area contributed by atoms with Crippen LogP contribution in [0, 0.1) is 0 Å². The zero-order valence-corrected chi connectivity index (χ0v) is 5.84. The molecular formula is C6H6O6. The molecule has 0 aliphatic rings. The number of carboxylic acid groups (broad SMARTS) is 2. The van der Waals surface area contributed by atoms with Crippen LogP contribution in [0.15, 0.2) is 24.7 Å². The number of rotatable bonds is 3. The zero-order valence-electron chi connectivity index (χ0n) is 5.84. The molecule has 0 saturated carbocycles. The van der Waals surface area contributed by atoms with Gasteiger partial charge in [0.15, 0.2) is 0 Å². The Morgan fingerprint density at radius 1 is 0.917 bits per heavy atom. The number of hydrogen-bond acceptors (Lipinski definition) is 4. The van der Waals surface area contributed by atoms with Crippen LogP contribution in [0.1, 0.15) is 0 Å². The van der Waals surface area contributed by atoms with Gasteiger partial charge < -0.3 is 19.7 Å². The molecule has 0 amide bonds. The first-order valence-electron chi connectivity index (χ1n) is 2.74. The average Bonchev–Trinajstić information content (AvgIpc) is 1.95. The normalized spacial score (nSPS) is 10.3. The van der Waals surface area contributed by atoms with Gasteiger partial charge in [-0.1, -0.05) is 0 Å². The zero-order chi connectivity index (χ0) is 9.40. The van der Waals surface area contributed by atoms with Crippen LogP contribution in [0.2, 0.25) is 0 Å². The molecule has 0 aromatic heterocycles. The van der Waals surface area contributed by atoms with Crippen molar-refractivity contribution in [1.29, 1.82) is 0 Å². The van der Waals surface area contributed by atoms with Crippen LogP contribution < -0.4 is 0 Å². The third-order valence-corrected chi connectivity index (χ3v) is 0.606. The first-order chi connectivity index (χ1) is 5.63. The fraction of sp³-hybridized carbons (Fsp3) is 0. The predicted octanol–water partition coefficient (Wildman–Crippen LogP) is 1.40. The average molecular weight is 174 g/mol. The van der Waals surface area contributed by atoms with Crippen molar-refractivity contribution in [3.05, 3.63) is 24.7 Å². The molecule has 6 nitrogen and oxygen atoms in total. The van der Waals surface area contributed by atoms with E-state index in [9.17, 15) is 9.59 Å². The number of ether oxygens (including phenoxy) is 2. The van der Waals surface area contributed by atoms with Crippen molar-refractivity contribution >= 4 is 12.3 Å². The van der Waals surface area contributed by atoms with Gasteiger partial charge in [-0.25, -0.2) is 9.59 Å². The van der Waals surface area contributed by atoms with Crippen molar-refractivity contribution in [2.24, 2.45) is 0 Å². The maximum Gasteiger partial charge on any atom is 0.510 e. The van der Waals surface area contributed by atoms with Gasteiger partial charge >= 0.3 is 12.3 Å². The van der Waals surface area contributed by atoms with E-state index in [0.29, 0.717) is 0 Å². The highest BCUT2D eigenvalue weighted by Crippen LogP contribution is 1.83. The second kappa shape index (κ2) is 5.78. The lowest BCUT2D eigenvalue weighted by molar-refractivity contribution is 0.126. The molecule has 2 N–H and O–H groups in total. The molecule has 6 heteroatoms. The Hall–Kier alpha value is -1.98.